The van der Waals surface area contributed by atoms with Crippen molar-refractivity contribution in [3.63, 3.8) is 0 Å². The fourth-order valence-corrected chi connectivity index (χ4v) is 2.42. The van der Waals surface area contributed by atoms with Crippen LogP contribution in [-0.2, 0) is 0 Å². The Morgan fingerprint density at radius 2 is 2.08 bits per heavy atom. The van der Waals surface area contributed by atoms with Gasteiger partial charge in [-0.25, -0.2) is 4.79 Å². The van der Waals surface area contributed by atoms with Gasteiger partial charge in [0, 0.05) is 6.54 Å². The number of thioether (sulfide) groups is 1. The second-order valence-corrected chi connectivity index (χ2v) is 4.22. The van der Waals surface area contributed by atoms with Crippen molar-refractivity contribution in [2.45, 2.75) is 18.4 Å². The molecule has 1 amide bonds. The van der Waals surface area contributed by atoms with Crippen LogP contribution >= 0.6 is 11.8 Å². The van der Waals surface area contributed by atoms with Crippen LogP contribution in [0.25, 0.3) is 0 Å². The van der Waals surface area contributed by atoms with Gasteiger partial charge in [-0.15, -0.1) is 0 Å². The third-order valence-corrected chi connectivity index (χ3v) is 2.98. The Morgan fingerprint density at radius 1 is 1.50 bits per heavy atom. The van der Waals surface area contributed by atoms with Crippen molar-refractivity contribution < 1.29 is 15.0 Å². The van der Waals surface area contributed by atoms with Crippen molar-refractivity contribution >= 4 is 17.9 Å². The number of amides is 1. The lowest BCUT2D eigenvalue weighted by atomic mass is 9.97. The monoisotopic (exact) mass is 191 g/mol. The van der Waals surface area contributed by atoms with Crippen LogP contribution in [0.4, 0.5) is 4.79 Å². The van der Waals surface area contributed by atoms with Gasteiger partial charge in [-0.2, -0.15) is 11.8 Å². The molecule has 0 aliphatic carbocycles. The lowest BCUT2D eigenvalue weighted by Gasteiger charge is -2.31. The Morgan fingerprint density at radius 3 is 2.58 bits per heavy atom. The summed E-state index contributed by atoms with van der Waals surface area (Å²) in [5.74, 6) is 1.83. The number of carbonyl (C=O) groups is 1. The summed E-state index contributed by atoms with van der Waals surface area (Å²) in [7, 11) is 0. The van der Waals surface area contributed by atoms with Gasteiger partial charge < -0.3 is 15.5 Å². The third-order valence-electron chi connectivity index (χ3n) is 1.99. The summed E-state index contributed by atoms with van der Waals surface area (Å²) in [5, 5.41) is 20.3. The van der Waals surface area contributed by atoms with Crippen molar-refractivity contribution in [3.8, 4) is 0 Å². The van der Waals surface area contributed by atoms with E-state index in [-0.39, 0.29) is 6.54 Å². The lowest BCUT2D eigenvalue weighted by molar-refractivity contribution is 0.0326. The molecule has 1 aliphatic rings. The fourth-order valence-electron chi connectivity index (χ4n) is 1.17. The van der Waals surface area contributed by atoms with Crippen LogP contribution < -0.4 is 5.32 Å². The molecule has 1 aliphatic heterocycles. The highest BCUT2D eigenvalue weighted by atomic mass is 32.2. The molecule has 4 nitrogen and oxygen atoms in total. The first-order valence-electron chi connectivity index (χ1n) is 3.89. The van der Waals surface area contributed by atoms with Gasteiger partial charge >= 0.3 is 6.09 Å². The SMILES string of the molecule is O=C(O)NCC1(O)CCSCC1. The van der Waals surface area contributed by atoms with E-state index in [4.69, 9.17) is 5.11 Å². The zero-order chi connectivity index (χ0) is 9.03. The van der Waals surface area contributed by atoms with Gasteiger partial charge in [-0.05, 0) is 24.3 Å². The second-order valence-electron chi connectivity index (χ2n) is 3.00. The molecule has 3 N–H and O–H groups in total. The average molecular weight is 191 g/mol. The first-order valence-corrected chi connectivity index (χ1v) is 5.05. The molecule has 1 fully saturated rings. The topological polar surface area (TPSA) is 69.6 Å². The average Bonchev–Trinajstić information content (AvgIpc) is 2.03. The van der Waals surface area contributed by atoms with Crippen LogP contribution in [0.5, 0.6) is 0 Å². The van der Waals surface area contributed by atoms with Crippen molar-refractivity contribution in [3.05, 3.63) is 0 Å². The van der Waals surface area contributed by atoms with E-state index in [0.717, 1.165) is 11.5 Å². The second kappa shape index (κ2) is 4.00. The van der Waals surface area contributed by atoms with Crippen molar-refractivity contribution in [1.82, 2.24) is 5.32 Å². The summed E-state index contributed by atoms with van der Waals surface area (Å²) in [5.41, 5.74) is -0.802. The van der Waals surface area contributed by atoms with Gasteiger partial charge in [-0.3, -0.25) is 0 Å². The Hall–Kier alpha value is -0.420. The predicted molar refractivity (Wildman–Crippen MR) is 47.5 cm³/mol. The first-order chi connectivity index (χ1) is 5.62. The molecule has 0 radical (unpaired) electrons. The largest absolute Gasteiger partial charge is 0.465 e. The van der Waals surface area contributed by atoms with E-state index in [1.54, 1.807) is 11.8 Å². The summed E-state index contributed by atoms with van der Waals surface area (Å²) >= 11 is 1.80. The smallest absolute Gasteiger partial charge is 0.404 e. The van der Waals surface area contributed by atoms with E-state index in [9.17, 15) is 9.90 Å². The van der Waals surface area contributed by atoms with E-state index >= 15 is 0 Å². The standard InChI is InChI=1S/C7H13NO3S/c9-6(10)8-5-7(11)1-3-12-4-2-7/h8,11H,1-5H2,(H,9,10). The summed E-state index contributed by atoms with van der Waals surface area (Å²) < 4.78 is 0. The van der Waals surface area contributed by atoms with Crippen LogP contribution in [0.3, 0.4) is 0 Å². The maximum Gasteiger partial charge on any atom is 0.404 e. The molecule has 12 heavy (non-hydrogen) atoms. The van der Waals surface area contributed by atoms with Crippen molar-refractivity contribution in [1.29, 1.82) is 0 Å². The number of nitrogens with one attached hydrogen (secondary N) is 1. The minimum absolute atomic E-state index is 0.156. The Labute approximate surface area is 75.3 Å². The fraction of sp³-hybridized carbons (Fsp3) is 0.857. The number of hydrogen-bond donors (Lipinski definition) is 3. The molecule has 1 rings (SSSR count). The van der Waals surface area contributed by atoms with E-state index in [1.165, 1.54) is 0 Å². The van der Waals surface area contributed by atoms with E-state index in [0.29, 0.717) is 12.8 Å². The van der Waals surface area contributed by atoms with Gasteiger partial charge in [0.1, 0.15) is 0 Å². The molecule has 70 valence electrons. The molecular weight excluding hydrogens is 178 g/mol. The van der Waals surface area contributed by atoms with Crippen LogP contribution in [0.15, 0.2) is 0 Å². The molecule has 0 saturated carbocycles. The zero-order valence-corrected chi connectivity index (χ0v) is 7.56. The molecule has 0 bridgehead atoms. The van der Waals surface area contributed by atoms with E-state index in [2.05, 4.69) is 5.32 Å². The molecule has 5 heteroatoms. The number of rotatable bonds is 2. The molecule has 0 spiro atoms. The van der Waals surface area contributed by atoms with Crippen LogP contribution in [0.1, 0.15) is 12.8 Å². The quantitative estimate of drug-likeness (QED) is 0.595. The van der Waals surface area contributed by atoms with Crippen LogP contribution in [0, 0.1) is 0 Å². The van der Waals surface area contributed by atoms with Gasteiger partial charge in [0.05, 0.1) is 5.60 Å². The molecular formula is C7H13NO3S. The highest BCUT2D eigenvalue weighted by molar-refractivity contribution is 7.99. The van der Waals surface area contributed by atoms with Gasteiger partial charge in [0.25, 0.3) is 0 Å². The third kappa shape index (κ3) is 2.91. The molecule has 0 unspecified atom stereocenters. The minimum Gasteiger partial charge on any atom is -0.465 e. The minimum atomic E-state index is -1.07. The summed E-state index contributed by atoms with van der Waals surface area (Å²) in [6.07, 6.45) is 0.289. The van der Waals surface area contributed by atoms with Crippen LogP contribution in [0.2, 0.25) is 0 Å². The Bertz CT molecular complexity index is 168. The van der Waals surface area contributed by atoms with Gasteiger partial charge in [0.15, 0.2) is 0 Å². The zero-order valence-electron chi connectivity index (χ0n) is 6.75. The molecule has 1 saturated heterocycles. The maximum absolute atomic E-state index is 10.2. The molecule has 1 heterocycles. The van der Waals surface area contributed by atoms with E-state index in [1.807, 2.05) is 0 Å². The summed E-state index contributed by atoms with van der Waals surface area (Å²) in [4.78, 5) is 10.2. The number of aliphatic hydroxyl groups is 1. The Balaban J connectivity index is 2.31. The molecule has 0 atom stereocenters. The number of carboxylic acid groups (broad SMARTS) is 1. The van der Waals surface area contributed by atoms with Crippen molar-refractivity contribution in [2.75, 3.05) is 18.1 Å². The normalized spacial score (nSPS) is 21.8. The Kier molecular flexibility index (Phi) is 3.22. The van der Waals surface area contributed by atoms with Crippen LogP contribution in [-0.4, -0.2) is 40.0 Å². The van der Waals surface area contributed by atoms with Crippen molar-refractivity contribution in [2.24, 2.45) is 0 Å². The van der Waals surface area contributed by atoms with Gasteiger partial charge in [0.2, 0.25) is 0 Å². The van der Waals surface area contributed by atoms with Gasteiger partial charge in [-0.1, -0.05) is 0 Å². The maximum atomic E-state index is 10.2. The summed E-state index contributed by atoms with van der Waals surface area (Å²) in [6.45, 7) is 0.156. The summed E-state index contributed by atoms with van der Waals surface area (Å²) in [6, 6.07) is 0. The lowest BCUT2D eigenvalue weighted by Crippen LogP contribution is -2.44. The highest BCUT2D eigenvalue weighted by Gasteiger charge is 2.29. The molecule has 0 aromatic rings. The first kappa shape index (κ1) is 9.67. The number of hydrogen-bond acceptors (Lipinski definition) is 3. The van der Waals surface area contributed by atoms with E-state index < -0.39 is 11.7 Å². The highest BCUT2D eigenvalue weighted by Crippen LogP contribution is 2.25. The molecule has 0 aromatic carbocycles. The molecule has 0 aromatic heterocycles. The predicted octanol–water partition coefficient (Wildman–Crippen LogP) is 0.512.